The molecule has 2 amide bonds. The predicted molar refractivity (Wildman–Crippen MR) is 91.2 cm³/mol. The molecule has 0 radical (unpaired) electrons. The maximum Gasteiger partial charge on any atom is 0.319 e. The number of aromatic nitrogens is 3. The molecule has 1 aliphatic rings. The molecule has 0 fully saturated rings. The number of para-hydroxylation sites is 1. The third-order valence-corrected chi connectivity index (χ3v) is 3.96. The van der Waals surface area contributed by atoms with E-state index in [4.69, 9.17) is 4.74 Å². The summed E-state index contributed by atoms with van der Waals surface area (Å²) >= 11 is 0. The monoisotopic (exact) mass is 329 g/mol. The smallest absolute Gasteiger partial charge is 0.319 e. The van der Waals surface area contributed by atoms with Crippen LogP contribution in [0.1, 0.15) is 50.9 Å². The molecule has 1 aromatic carbocycles. The lowest BCUT2D eigenvalue weighted by Gasteiger charge is -2.18. The highest BCUT2D eigenvalue weighted by atomic mass is 16.5. The molecule has 1 aliphatic heterocycles. The van der Waals surface area contributed by atoms with Crippen LogP contribution in [-0.2, 0) is 12.8 Å². The van der Waals surface area contributed by atoms with Crippen LogP contribution in [0.3, 0.4) is 0 Å². The minimum absolute atomic E-state index is 0.251. The minimum Gasteiger partial charge on any atom is -0.485 e. The third-order valence-electron chi connectivity index (χ3n) is 3.96. The summed E-state index contributed by atoms with van der Waals surface area (Å²) in [4.78, 5) is 16.6. The predicted octanol–water partition coefficient (Wildman–Crippen LogP) is 2.96. The van der Waals surface area contributed by atoms with Crippen LogP contribution in [0.2, 0.25) is 0 Å². The lowest BCUT2D eigenvalue weighted by Crippen LogP contribution is -2.32. The van der Waals surface area contributed by atoms with E-state index >= 15 is 0 Å². The van der Waals surface area contributed by atoms with Crippen molar-refractivity contribution in [2.24, 2.45) is 0 Å². The first-order chi connectivity index (χ1) is 11.4. The summed E-state index contributed by atoms with van der Waals surface area (Å²) < 4.78 is 5.96. The summed E-state index contributed by atoms with van der Waals surface area (Å²) in [5.74, 6) is 2.12. The Morgan fingerprint density at radius 1 is 1.46 bits per heavy atom. The zero-order chi connectivity index (χ0) is 17.3. The Bertz CT molecular complexity index is 753. The summed E-state index contributed by atoms with van der Waals surface area (Å²) in [5.41, 5.74) is 1.53. The van der Waals surface area contributed by atoms with Crippen LogP contribution in [-0.4, -0.2) is 26.8 Å². The number of carbonyl (C=O) groups excluding carboxylic acids is 1. The van der Waals surface area contributed by atoms with E-state index in [1.165, 1.54) is 0 Å². The van der Waals surface area contributed by atoms with Crippen LogP contribution in [0.25, 0.3) is 0 Å². The average molecular weight is 329 g/mol. The Labute approximate surface area is 141 Å². The fourth-order valence-electron chi connectivity index (χ4n) is 2.80. The number of hydrogen-bond donors (Lipinski definition) is 3. The molecule has 2 aromatic rings. The summed E-state index contributed by atoms with van der Waals surface area (Å²) in [6.45, 7) is 7.91. The van der Waals surface area contributed by atoms with Crippen LogP contribution in [0.4, 0.5) is 10.5 Å². The fourth-order valence-corrected chi connectivity index (χ4v) is 2.80. The quantitative estimate of drug-likeness (QED) is 0.804. The lowest BCUT2D eigenvalue weighted by atomic mass is 10.0. The number of carbonyl (C=O) groups is 1. The first-order valence-corrected chi connectivity index (χ1v) is 8.17. The summed E-state index contributed by atoms with van der Waals surface area (Å²) in [5, 5.41) is 12.7. The van der Waals surface area contributed by atoms with Crippen molar-refractivity contribution in [1.29, 1.82) is 0 Å². The van der Waals surface area contributed by atoms with Gasteiger partial charge in [0.1, 0.15) is 17.2 Å². The molecule has 2 heterocycles. The van der Waals surface area contributed by atoms with Crippen molar-refractivity contribution in [1.82, 2.24) is 20.5 Å². The van der Waals surface area contributed by atoms with Gasteiger partial charge in [-0.15, -0.1) is 0 Å². The van der Waals surface area contributed by atoms with E-state index < -0.39 is 0 Å². The zero-order valence-electron chi connectivity index (χ0n) is 14.4. The first-order valence-electron chi connectivity index (χ1n) is 8.17. The van der Waals surface area contributed by atoms with Gasteiger partial charge < -0.3 is 15.4 Å². The van der Waals surface area contributed by atoms with Gasteiger partial charge in [-0.25, -0.2) is 9.78 Å². The Kier molecular flexibility index (Phi) is 4.17. The molecular weight excluding hydrogens is 306 g/mol. The molecule has 3 rings (SSSR count). The molecule has 3 N–H and O–H groups in total. The number of H-pyrrole nitrogens is 1. The molecule has 7 nitrogen and oxygen atoms in total. The molecule has 1 atom stereocenters. The fraction of sp³-hybridized carbons (Fsp3) is 0.471. The van der Waals surface area contributed by atoms with Crippen LogP contribution in [0, 0.1) is 0 Å². The van der Waals surface area contributed by atoms with E-state index in [2.05, 4.69) is 25.8 Å². The molecule has 1 unspecified atom stereocenters. The van der Waals surface area contributed by atoms with E-state index in [1.54, 1.807) is 0 Å². The molecule has 128 valence electrons. The van der Waals surface area contributed by atoms with Crippen LogP contribution >= 0.6 is 0 Å². The van der Waals surface area contributed by atoms with Crippen molar-refractivity contribution in [2.45, 2.75) is 52.2 Å². The number of benzene rings is 1. The number of fused-ring (bicyclic) bond motifs is 1. The van der Waals surface area contributed by atoms with Crippen molar-refractivity contribution in [2.75, 3.05) is 5.32 Å². The maximum atomic E-state index is 12.3. The third kappa shape index (κ3) is 3.34. The van der Waals surface area contributed by atoms with Gasteiger partial charge in [0.15, 0.2) is 5.82 Å². The number of amides is 2. The number of hydrogen-bond acceptors (Lipinski definition) is 4. The molecule has 24 heavy (non-hydrogen) atoms. The molecule has 1 aromatic heterocycles. The Hall–Kier alpha value is -2.57. The summed E-state index contributed by atoms with van der Waals surface area (Å²) in [6.07, 6.45) is 1.60. The van der Waals surface area contributed by atoms with Crippen molar-refractivity contribution in [3.8, 4) is 5.75 Å². The number of ether oxygens (including phenoxy) is 1. The number of nitrogens with zero attached hydrogens (tertiary/aromatic N) is 2. The number of nitrogens with one attached hydrogen (secondary N) is 3. The Balaban J connectivity index is 1.67. The van der Waals surface area contributed by atoms with Gasteiger partial charge in [-0.2, -0.15) is 5.10 Å². The molecule has 0 saturated carbocycles. The number of anilines is 1. The standard InChI is InChI=1S/C17H23N5O2/c1-5-13-20-15(22-21-13)10(2)18-16(23)19-12-8-6-7-11-9-17(3,4)24-14(11)12/h6-8,10H,5,9H2,1-4H3,(H2,18,19,23)(H,20,21,22). The van der Waals surface area contributed by atoms with Crippen molar-refractivity contribution >= 4 is 11.7 Å². The largest absolute Gasteiger partial charge is 0.485 e. The van der Waals surface area contributed by atoms with Gasteiger partial charge in [-0.3, -0.25) is 5.10 Å². The highest BCUT2D eigenvalue weighted by Crippen LogP contribution is 2.40. The van der Waals surface area contributed by atoms with E-state index in [0.29, 0.717) is 11.5 Å². The Morgan fingerprint density at radius 2 is 2.25 bits per heavy atom. The van der Waals surface area contributed by atoms with Gasteiger partial charge in [0.05, 0.1) is 11.7 Å². The summed E-state index contributed by atoms with van der Waals surface area (Å²) in [6, 6.07) is 5.18. The topological polar surface area (TPSA) is 91.9 Å². The second-order valence-corrected chi connectivity index (χ2v) is 6.65. The normalized spacial score (nSPS) is 16.2. The minimum atomic E-state index is -0.313. The lowest BCUT2D eigenvalue weighted by molar-refractivity contribution is 0.139. The average Bonchev–Trinajstić information content (AvgIpc) is 3.10. The van der Waals surface area contributed by atoms with Crippen LogP contribution in [0.15, 0.2) is 18.2 Å². The van der Waals surface area contributed by atoms with Crippen molar-refractivity contribution < 1.29 is 9.53 Å². The number of aryl methyl sites for hydroxylation is 1. The molecular formula is C17H23N5O2. The molecule has 0 spiro atoms. The van der Waals surface area contributed by atoms with Gasteiger partial charge in [-0.1, -0.05) is 19.1 Å². The van der Waals surface area contributed by atoms with Gasteiger partial charge in [0.25, 0.3) is 0 Å². The van der Waals surface area contributed by atoms with Crippen molar-refractivity contribution in [3.05, 3.63) is 35.4 Å². The maximum absolute atomic E-state index is 12.3. The van der Waals surface area contributed by atoms with Gasteiger partial charge in [-0.05, 0) is 26.8 Å². The number of aromatic amines is 1. The van der Waals surface area contributed by atoms with Gasteiger partial charge in [0.2, 0.25) is 0 Å². The Morgan fingerprint density at radius 3 is 2.96 bits per heavy atom. The van der Waals surface area contributed by atoms with E-state index in [1.807, 2.05) is 45.9 Å². The van der Waals surface area contributed by atoms with Crippen LogP contribution < -0.4 is 15.4 Å². The SMILES string of the molecule is CCc1nc(C(C)NC(=O)Nc2cccc3c2OC(C)(C)C3)n[nH]1. The summed E-state index contributed by atoms with van der Waals surface area (Å²) in [7, 11) is 0. The van der Waals surface area contributed by atoms with Gasteiger partial charge >= 0.3 is 6.03 Å². The second kappa shape index (κ2) is 6.14. The number of rotatable bonds is 4. The molecule has 7 heteroatoms. The van der Waals surface area contributed by atoms with E-state index in [-0.39, 0.29) is 17.7 Å². The number of urea groups is 1. The van der Waals surface area contributed by atoms with E-state index in [9.17, 15) is 4.79 Å². The highest BCUT2D eigenvalue weighted by Gasteiger charge is 2.32. The zero-order valence-corrected chi connectivity index (χ0v) is 14.4. The molecule has 0 bridgehead atoms. The first kappa shape index (κ1) is 16.3. The van der Waals surface area contributed by atoms with Crippen molar-refractivity contribution in [3.63, 3.8) is 0 Å². The second-order valence-electron chi connectivity index (χ2n) is 6.65. The highest BCUT2D eigenvalue weighted by molar-refractivity contribution is 5.91. The molecule has 0 aliphatic carbocycles. The van der Waals surface area contributed by atoms with E-state index in [0.717, 1.165) is 30.0 Å². The molecule has 0 saturated heterocycles. The van der Waals surface area contributed by atoms with Gasteiger partial charge in [0, 0.05) is 18.4 Å². The van der Waals surface area contributed by atoms with Crippen LogP contribution in [0.5, 0.6) is 5.75 Å².